The number of hydrogen-bond donors (Lipinski definition) is 3. The largest absolute Gasteiger partial charge is 0.476 e. The van der Waals surface area contributed by atoms with Gasteiger partial charge in [-0.15, -0.1) is 22.0 Å². The summed E-state index contributed by atoms with van der Waals surface area (Å²) >= 11 is 1.14. The molecule has 100 valence electrons. The number of aromatic carboxylic acids is 1. The first kappa shape index (κ1) is 13.7. The minimum atomic E-state index is -1.17. The number of carboxylic acid groups (broad SMARTS) is 1. The Morgan fingerprint density at radius 2 is 2.05 bits per heavy atom. The van der Waals surface area contributed by atoms with Crippen LogP contribution < -0.4 is 0 Å². The van der Waals surface area contributed by atoms with Gasteiger partial charge in [-0.2, -0.15) is 0 Å². The molecule has 0 fully saturated rings. The van der Waals surface area contributed by atoms with Crippen molar-refractivity contribution in [3.05, 3.63) is 30.0 Å². The summed E-state index contributed by atoms with van der Waals surface area (Å²) in [4.78, 5) is 11.6. The van der Waals surface area contributed by atoms with Crippen molar-refractivity contribution < 1.29 is 20.1 Å². The summed E-state index contributed by atoms with van der Waals surface area (Å²) in [6.45, 7) is -0.369. The first-order chi connectivity index (χ1) is 9.13. The SMILES string of the molecule is O=C(O)c1nnc2ccccc2c1SCC(O)CO. The average molecular weight is 280 g/mol. The van der Waals surface area contributed by atoms with Crippen LogP contribution in [0.5, 0.6) is 0 Å². The van der Waals surface area contributed by atoms with Gasteiger partial charge in [-0.1, -0.05) is 18.2 Å². The molecule has 1 unspecified atom stereocenters. The highest BCUT2D eigenvalue weighted by atomic mass is 32.2. The molecule has 1 aromatic carbocycles. The maximum atomic E-state index is 11.2. The summed E-state index contributed by atoms with van der Waals surface area (Å²) in [5, 5.41) is 35.5. The third-order valence-electron chi connectivity index (χ3n) is 2.45. The van der Waals surface area contributed by atoms with Crippen molar-refractivity contribution in [2.75, 3.05) is 12.4 Å². The number of aliphatic hydroxyl groups excluding tert-OH is 2. The van der Waals surface area contributed by atoms with E-state index in [4.69, 9.17) is 10.2 Å². The van der Waals surface area contributed by atoms with E-state index in [9.17, 15) is 9.90 Å². The van der Waals surface area contributed by atoms with Gasteiger partial charge in [0.1, 0.15) is 0 Å². The van der Waals surface area contributed by atoms with Gasteiger partial charge in [-0.25, -0.2) is 4.79 Å². The number of aliphatic hydroxyl groups is 2. The summed E-state index contributed by atoms with van der Waals surface area (Å²) < 4.78 is 0. The van der Waals surface area contributed by atoms with E-state index in [1.807, 2.05) is 0 Å². The number of thioether (sulfide) groups is 1. The number of hydrogen-bond acceptors (Lipinski definition) is 6. The Morgan fingerprint density at radius 3 is 2.74 bits per heavy atom. The van der Waals surface area contributed by atoms with E-state index < -0.39 is 12.1 Å². The van der Waals surface area contributed by atoms with E-state index in [0.717, 1.165) is 11.8 Å². The minimum absolute atomic E-state index is 0.145. The van der Waals surface area contributed by atoms with Gasteiger partial charge in [-0.05, 0) is 6.07 Å². The van der Waals surface area contributed by atoms with Gasteiger partial charge in [0.15, 0.2) is 5.69 Å². The van der Waals surface area contributed by atoms with Gasteiger partial charge in [0, 0.05) is 11.1 Å². The van der Waals surface area contributed by atoms with Crippen LogP contribution in [0.25, 0.3) is 10.9 Å². The molecule has 0 bridgehead atoms. The molecule has 19 heavy (non-hydrogen) atoms. The molecule has 0 saturated heterocycles. The molecule has 1 heterocycles. The number of benzene rings is 1. The first-order valence-corrected chi connectivity index (χ1v) is 6.52. The number of carbonyl (C=O) groups is 1. The Hall–Kier alpha value is -1.70. The van der Waals surface area contributed by atoms with Crippen LogP contribution in [0.4, 0.5) is 0 Å². The van der Waals surface area contributed by atoms with Crippen molar-refractivity contribution in [2.24, 2.45) is 0 Å². The van der Waals surface area contributed by atoms with E-state index >= 15 is 0 Å². The molecular formula is C12H12N2O4S. The van der Waals surface area contributed by atoms with Crippen LogP contribution in [0.1, 0.15) is 10.5 Å². The van der Waals surface area contributed by atoms with Crippen molar-refractivity contribution in [3.63, 3.8) is 0 Å². The normalized spacial score (nSPS) is 12.5. The van der Waals surface area contributed by atoms with Crippen molar-refractivity contribution >= 4 is 28.6 Å². The molecule has 2 rings (SSSR count). The van der Waals surface area contributed by atoms with Gasteiger partial charge in [-0.3, -0.25) is 0 Å². The zero-order valence-electron chi connectivity index (χ0n) is 9.85. The lowest BCUT2D eigenvalue weighted by Crippen LogP contribution is -2.15. The molecule has 0 spiro atoms. The van der Waals surface area contributed by atoms with E-state index in [-0.39, 0.29) is 18.1 Å². The van der Waals surface area contributed by atoms with Crippen LogP contribution in [0.3, 0.4) is 0 Å². The molecule has 0 radical (unpaired) electrons. The maximum Gasteiger partial charge on any atom is 0.357 e. The van der Waals surface area contributed by atoms with Crippen LogP contribution in [-0.4, -0.2) is 49.9 Å². The van der Waals surface area contributed by atoms with Crippen molar-refractivity contribution in [2.45, 2.75) is 11.0 Å². The third-order valence-corrected chi connectivity index (χ3v) is 3.71. The van der Waals surface area contributed by atoms with Crippen molar-refractivity contribution in [1.29, 1.82) is 0 Å². The molecule has 6 nitrogen and oxygen atoms in total. The van der Waals surface area contributed by atoms with Crippen LogP contribution in [0.2, 0.25) is 0 Å². The van der Waals surface area contributed by atoms with Gasteiger partial charge in [0.25, 0.3) is 0 Å². The summed E-state index contributed by atoms with van der Waals surface area (Å²) in [5.74, 6) is -0.980. The Balaban J connectivity index is 2.46. The standard InChI is InChI=1S/C12H12N2O4S/c15-5-7(16)6-19-11-8-3-1-2-4-9(8)13-14-10(11)12(17)18/h1-4,7,15-16H,5-6H2,(H,17,18). The Bertz CT molecular complexity index is 605. The summed E-state index contributed by atoms with van der Waals surface area (Å²) in [6.07, 6.45) is -0.904. The number of rotatable bonds is 5. The Morgan fingerprint density at radius 1 is 1.32 bits per heavy atom. The second kappa shape index (κ2) is 5.96. The molecule has 0 saturated carbocycles. The highest BCUT2D eigenvalue weighted by Crippen LogP contribution is 2.29. The predicted octanol–water partition coefficient (Wildman–Crippen LogP) is 0.773. The smallest absolute Gasteiger partial charge is 0.357 e. The van der Waals surface area contributed by atoms with Crippen molar-refractivity contribution in [3.8, 4) is 0 Å². The first-order valence-electron chi connectivity index (χ1n) is 5.54. The van der Waals surface area contributed by atoms with E-state index in [2.05, 4.69) is 10.2 Å². The Kier molecular flexibility index (Phi) is 4.31. The topological polar surface area (TPSA) is 104 Å². The highest BCUT2D eigenvalue weighted by Gasteiger charge is 2.18. The van der Waals surface area contributed by atoms with E-state index in [0.29, 0.717) is 15.8 Å². The maximum absolute atomic E-state index is 11.2. The van der Waals surface area contributed by atoms with Crippen molar-refractivity contribution in [1.82, 2.24) is 10.2 Å². The van der Waals surface area contributed by atoms with Gasteiger partial charge < -0.3 is 15.3 Å². The number of aromatic nitrogens is 2. The minimum Gasteiger partial charge on any atom is -0.476 e. The van der Waals surface area contributed by atoms with Crippen LogP contribution in [0.15, 0.2) is 29.2 Å². The molecule has 1 atom stereocenters. The molecule has 0 aliphatic rings. The third kappa shape index (κ3) is 3.01. The lowest BCUT2D eigenvalue weighted by Gasteiger charge is -2.10. The van der Waals surface area contributed by atoms with E-state index in [1.165, 1.54) is 0 Å². The Labute approximate surface area is 113 Å². The quantitative estimate of drug-likeness (QED) is 0.695. The summed E-state index contributed by atoms with van der Waals surface area (Å²) in [6, 6.07) is 7.06. The second-order valence-corrected chi connectivity index (χ2v) is 4.88. The molecular weight excluding hydrogens is 268 g/mol. The fraction of sp³-hybridized carbons (Fsp3) is 0.250. The molecule has 2 aromatic rings. The number of carboxylic acids is 1. The van der Waals surface area contributed by atoms with Crippen LogP contribution >= 0.6 is 11.8 Å². The highest BCUT2D eigenvalue weighted by molar-refractivity contribution is 7.99. The number of fused-ring (bicyclic) bond motifs is 1. The average Bonchev–Trinajstić information content (AvgIpc) is 2.43. The molecule has 0 aliphatic carbocycles. The van der Waals surface area contributed by atoms with Gasteiger partial charge in [0.2, 0.25) is 0 Å². The van der Waals surface area contributed by atoms with Crippen LogP contribution in [-0.2, 0) is 0 Å². The zero-order valence-corrected chi connectivity index (χ0v) is 10.7. The second-order valence-electron chi connectivity index (χ2n) is 3.85. The number of nitrogens with zero attached hydrogens (tertiary/aromatic N) is 2. The molecule has 7 heteroatoms. The lowest BCUT2D eigenvalue weighted by atomic mass is 10.2. The summed E-state index contributed by atoms with van der Waals surface area (Å²) in [7, 11) is 0. The predicted molar refractivity (Wildman–Crippen MR) is 70.3 cm³/mol. The van der Waals surface area contributed by atoms with Gasteiger partial charge >= 0.3 is 5.97 Å². The lowest BCUT2D eigenvalue weighted by molar-refractivity contribution is 0.0685. The summed E-state index contributed by atoms with van der Waals surface area (Å²) in [5.41, 5.74) is 0.447. The fourth-order valence-corrected chi connectivity index (χ4v) is 2.61. The zero-order chi connectivity index (χ0) is 13.8. The molecule has 0 amide bonds. The fourth-order valence-electron chi connectivity index (χ4n) is 1.55. The van der Waals surface area contributed by atoms with Crippen LogP contribution in [0, 0.1) is 0 Å². The molecule has 1 aromatic heterocycles. The molecule has 3 N–H and O–H groups in total. The monoisotopic (exact) mass is 280 g/mol. The van der Waals surface area contributed by atoms with Gasteiger partial charge in [0.05, 0.1) is 23.1 Å². The van der Waals surface area contributed by atoms with E-state index in [1.54, 1.807) is 24.3 Å². The molecule has 0 aliphatic heterocycles.